The van der Waals surface area contributed by atoms with Gasteiger partial charge in [0.1, 0.15) is 11.4 Å². The maximum atomic E-state index is 12.0. The first-order chi connectivity index (χ1) is 10.7. The number of hydrogen-bond donors (Lipinski definition) is 1. The molecule has 0 amide bonds. The Bertz CT molecular complexity index is 495. The number of hydrogen-bond acceptors (Lipinski definition) is 6. The number of carbonyl (C=O) groups is 1. The number of aryl methyl sites for hydroxylation is 2. The Balaban J connectivity index is 1.97. The van der Waals surface area contributed by atoms with Crippen LogP contribution >= 0.6 is 0 Å². The lowest BCUT2D eigenvalue weighted by Crippen LogP contribution is -2.37. The lowest BCUT2D eigenvalue weighted by atomic mass is 10.2. The van der Waals surface area contributed by atoms with Crippen molar-refractivity contribution in [1.29, 1.82) is 0 Å². The number of nitrogens with two attached hydrogens (primary N) is 1. The summed E-state index contributed by atoms with van der Waals surface area (Å²) in [6, 6.07) is 0. The highest BCUT2D eigenvalue weighted by Crippen LogP contribution is 2.19. The van der Waals surface area contributed by atoms with Crippen molar-refractivity contribution in [2.75, 3.05) is 45.2 Å². The molecule has 22 heavy (non-hydrogen) atoms. The summed E-state index contributed by atoms with van der Waals surface area (Å²) in [5.74, 6) is 0.0357. The van der Waals surface area contributed by atoms with Gasteiger partial charge in [-0.15, -0.1) is 0 Å². The number of aromatic nitrogens is 2. The first-order valence-corrected chi connectivity index (χ1v) is 7.99. The number of ether oxygens (including phenoxy) is 2. The van der Waals surface area contributed by atoms with Crippen molar-refractivity contribution in [3.8, 4) is 0 Å². The maximum absolute atomic E-state index is 12.0. The van der Waals surface area contributed by atoms with Crippen LogP contribution in [0.1, 0.15) is 36.3 Å². The van der Waals surface area contributed by atoms with Gasteiger partial charge in [0.25, 0.3) is 0 Å². The summed E-state index contributed by atoms with van der Waals surface area (Å²) in [5, 5.41) is 4.46. The van der Waals surface area contributed by atoms with Gasteiger partial charge in [-0.2, -0.15) is 5.10 Å². The average molecular weight is 310 g/mol. The normalized spacial score (nSPS) is 15.9. The van der Waals surface area contributed by atoms with Crippen molar-refractivity contribution in [3.63, 3.8) is 0 Å². The lowest BCUT2D eigenvalue weighted by molar-refractivity contribution is 0.0368. The number of nitrogens with zero attached hydrogens (tertiary/aromatic N) is 3. The summed E-state index contributed by atoms with van der Waals surface area (Å²) >= 11 is 0. The van der Waals surface area contributed by atoms with Crippen molar-refractivity contribution in [1.82, 2.24) is 14.7 Å². The molecule has 124 valence electrons. The van der Waals surface area contributed by atoms with Gasteiger partial charge in [0.2, 0.25) is 0 Å². The van der Waals surface area contributed by atoms with Crippen LogP contribution in [0.25, 0.3) is 0 Å². The minimum absolute atomic E-state index is 0.337. The van der Waals surface area contributed by atoms with Crippen molar-refractivity contribution in [2.45, 2.75) is 33.2 Å². The Morgan fingerprint density at radius 2 is 2.05 bits per heavy atom. The fourth-order valence-electron chi connectivity index (χ4n) is 2.64. The van der Waals surface area contributed by atoms with Gasteiger partial charge in [-0.05, 0) is 19.8 Å². The molecular weight excluding hydrogens is 284 g/mol. The standard InChI is InChI=1S/C15H26N4O3/c1-3-12-13(15(20)22-4-2)14(16)19(17-12)7-5-6-18-8-10-21-11-9-18/h3-11,16H2,1-2H3. The summed E-state index contributed by atoms with van der Waals surface area (Å²) < 4.78 is 12.1. The van der Waals surface area contributed by atoms with Crippen LogP contribution in [0, 0.1) is 0 Å². The zero-order chi connectivity index (χ0) is 15.9. The second kappa shape index (κ2) is 8.14. The second-order valence-corrected chi connectivity index (χ2v) is 5.31. The van der Waals surface area contributed by atoms with Crippen LogP contribution < -0.4 is 5.73 Å². The van der Waals surface area contributed by atoms with E-state index < -0.39 is 0 Å². The number of esters is 1. The van der Waals surface area contributed by atoms with Crippen LogP contribution in [0.4, 0.5) is 5.82 Å². The van der Waals surface area contributed by atoms with E-state index >= 15 is 0 Å². The molecule has 1 aliphatic rings. The Kier molecular flexibility index (Phi) is 6.21. The monoisotopic (exact) mass is 310 g/mol. The molecule has 2 heterocycles. The Hall–Kier alpha value is -1.60. The number of nitrogen functional groups attached to an aromatic ring is 1. The molecule has 0 atom stereocenters. The smallest absolute Gasteiger partial charge is 0.343 e. The molecule has 0 aromatic carbocycles. The van der Waals surface area contributed by atoms with E-state index in [1.807, 2.05) is 6.92 Å². The first kappa shape index (κ1) is 16.8. The van der Waals surface area contributed by atoms with Crippen molar-refractivity contribution >= 4 is 11.8 Å². The molecule has 0 spiro atoms. The summed E-state index contributed by atoms with van der Waals surface area (Å²) in [6.07, 6.45) is 1.60. The van der Waals surface area contributed by atoms with E-state index in [0.29, 0.717) is 36.6 Å². The highest BCUT2D eigenvalue weighted by Gasteiger charge is 2.22. The minimum Gasteiger partial charge on any atom is -0.462 e. The molecule has 1 saturated heterocycles. The molecule has 0 aliphatic carbocycles. The molecule has 1 aromatic heterocycles. The van der Waals surface area contributed by atoms with Gasteiger partial charge in [-0.25, -0.2) is 9.48 Å². The third-order valence-corrected chi connectivity index (χ3v) is 3.83. The highest BCUT2D eigenvalue weighted by molar-refractivity contribution is 5.95. The Morgan fingerprint density at radius 3 is 2.68 bits per heavy atom. The van der Waals surface area contributed by atoms with Crippen LogP contribution in [0.2, 0.25) is 0 Å². The lowest BCUT2D eigenvalue weighted by Gasteiger charge is -2.26. The number of morpholine rings is 1. The molecule has 1 aliphatic heterocycles. The summed E-state index contributed by atoms with van der Waals surface area (Å²) in [5.41, 5.74) is 7.23. The summed E-state index contributed by atoms with van der Waals surface area (Å²) in [7, 11) is 0. The van der Waals surface area contributed by atoms with E-state index in [0.717, 1.165) is 39.3 Å². The van der Waals surface area contributed by atoms with Gasteiger partial charge in [0, 0.05) is 26.2 Å². The molecule has 0 bridgehead atoms. The van der Waals surface area contributed by atoms with Crippen LogP contribution in [0.15, 0.2) is 0 Å². The fourth-order valence-corrected chi connectivity index (χ4v) is 2.64. The predicted molar refractivity (Wildman–Crippen MR) is 83.8 cm³/mol. The molecule has 0 unspecified atom stereocenters. The zero-order valence-electron chi connectivity index (χ0n) is 13.5. The van der Waals surface area contributed by atoms with Gasteiger partial charge < -0.3 is 15.2 Å². The third kappa shape index (κ3) is 3.98. The van der Waals surface area contributed by atoms with Crippen LogP contribution in [-0.4, -0.2) is 60.1 Å². The van der Waals surface area contributed by atoms with Gasteiger partial charge in [-0.1, -0.05) is 6.92 Å². The van der Waals surface area contributed by atoms with E-state index in [1.165, 1.54) is 0 Å². The minimum atomic E-state index is -0.378. The molecule has 7 nitrogen and oxygen atoms in total. The first-order valence-electron chi connectivity index (χ1n) is 7.99. The highest BCUT2D eigenvalue weighted by atomic mass is 16.5. The van der Waals surface area contributed by atoms with Gasteiger partial charge >= 0.3 is 5.97 Å². The van der Waals surface area contributed by atoms with Gasteiger partial charge in [0.15, 0.2) is 0 Å². The predicted octanol–water partition coefficient (Wildman–Crippen LogP) is 0.927. The number of rotatable bonds is 7. The van der Waals surface area contributed by atoms with E-state index in [4.69, 9.17) is 15.2 Å². The Morgan fingerprint density at radius 1 is 1.32 bits per heavy atom. The second-order valence-electron chi connectivity index (χ2n) is 5.31. The third-order valence-electron chi connectivity index (χ3n) is 3.83. The van der Waals surface area contributed by atoms with Gasteiger partial charge in [0.05, 0.1) is 25.5 Å². The SMILES string of the molecule is CCOC(=O)c1c(CC)nn(CCCN2CCOCC2)c1N. The van der Waals surface area contributed by atoms with Gasteiger partial charge in [-0.3, -0.25) is 4.90 Å². The molecule has 0 saturated carbocycles. The molecule has 1 fully saturated rings. The molecule has 2 N–H and O–H groups in total. The molecule has 7 heteroatoms. The molecule has 0 radical (unpaired) electrons. The Labute approximate surface area is 131 Å². The van der Waals surface area contributed by atoms with Crippen LogP contribution in [0.3, 0.4) is 0 Å². The van der Waals surface area contributed by atoms with Crippen LogP contribution in [-0.2, 0) is 22.4 Å². The molecular formula is C15H26N4O3. The summed E-state index contributed by atoms with van der Waals surface area (Å²) in [6.45, 7) is 9.33. The number of anilines is 1. The van der Waals surface area contributed by atoms with Crippen LogP contribution in [0.5, 0.6) is 0 Å². The largest absolute Gasteiger partial charge is 0.462 e. The van der Waals surface area contributed by atoms with E-state index in [9.17, 15) is 4.79 Å². The van der Waals surface area contributed by atoms with Crippen molar-refractivity contribution < 1.29 is 14.3 Å². The average Bonchev–Trinajstić information content (AvgIpc) is 2.85. The number of carbonyl (C=O) groups excluding carboxylic acids is 1. The topological polar surface area (TPSA) is 82.6 Å². The quantitative estimate of drug-likeness (QED) is 0.754. The molecule has 2 rings (SSSR count). The zero-order valence-corrected chi connectivity index (χ0v) is 13.5. The molecule has 1 aromatic rings. The van der Waals surface area contributed by atoms with E-state index in [2.05, 4.69) is 10.00 Å². The fraction of sp³-hybridized carbons (Fsp3) is 0.733. The van der Waals surface area contributed by atoms with Crippen molar-refractivity contribution in [2.24, 2.45) is 0 Å². The summed E-state index contributed by atoms with van der Waals surface area (Å²) in [4.78, 5) is 14.4. The van der Waals surface area contributed by atoms with Crippen molar-refractivity contribution in [3.05, 3.63) is 11.3 Å². The maximum Gasteiger partial charge on any atom is 0.343 e. The van der Waals surface area contributed by atoms with E-state index in [-0.39, 0.29) is 5.97 Å². The van der Waals surface area contributed by atoms with E-state index in [1.54, 1.807) is 11.6 Å².